The van der Waals surface area contributed by atoms with Gasteiger partial charge in [-0.1, -0.05) is 44.2 Å². The molecule has 2 atom stereocenters. The summed E-state index contributed by atoms with van der Waals surface area (Å²) in [5.74, 6) is -0.614. The van der Waals surface area contributed by atoms with Crippen molar-refractivity contribution in [3.05, 3.63) is 65.2 Å². The highest BCUT2D eigenvalue weighted by atomic mass is 32.2. The second-order valence-electron chi connectivity index (χ2n) is 9.68. The summed E-state index contributed by atoms with van der Waals surface area (Å²) in [4.78, 5) is 28.1. The van der Waals surface area contributed by atoms with Gasteiger partial charge in [0.05, 0.1) is 17.5 Å². The molecule has 2 aromatic carbocycles. The summed E-state index contributed by atoms with van der Waals surface area (Å²) in [7, 11) is -3.93. The number of nitrogens with one attached hydrogen (secondary N) is 1. The third-order valence-corrected chi connectivity index (χ3v) is 7.80. The van der Waals surface area contributed by atoms with Crippen LogP contribution >= 0.6 is 0 Å². The number of nitrogens with zero attached hydrogens (tertiary/aromatic N) is 2. The van der Waals surface area contributed by atoms with E-state index in [-0.39, 0.29) is 49.5 Å². The zero-order chi connectivity index (χ0) is 29.4. The van der Waals surface area contributed by atoms with E-state index < -0.39 is 27.8 Å². The molecule has 0 spiro atoms. The molecule has 0 bridgehead atoms. The summed E-state index contributed by atoms with van der Waals surface area (Å²) < 4.78 is 65.4. The number of alkyl halides is 3. The van der Waals surface area contributed by atoms with Gasteiger partial charge in [-0.05, 0) is 62.4 Å². The number of aryl methyl sites for hydroxylation is 1. The lowest BCUT2D eigenvalue weighted by Gasteiger charge is -2.32. The Hall–Kier alpha value is -3.08. The number of benzene rings is 2. The van der Waals surface area contributed by atoms with Crippen molar-refractivity contribution in [1.82, 2.24) is 10.2 Å². The minimum absolute atomic E-state index is 0.0514. The van der Waals surface area contributed by atoms with Crippen molar-refractivity contribution in [2.45, 2.75) is 78.2 Å². The van der Waals surface area contributed by atoms with Crippen LogP contribution in [0.3, 0.4) is 0 Å². The maximum atomic E-state index is 13.5. The first-order chi connectivity index (χ1) is 18.2. The maximum absolute atomic E-state index is 13.5. The van der Waals surface area contributed by atoms with Gasteiger partial charge in [-0.2, -0.15) is 13.2 Å². The summed E-state index contributed by atoms with van der Waals surface area (Å²) in [5.41, 5.74) is 0.741. The third-order valence-electron chi connectivity index (χ3n) is 6.60. The van der Waals surface area contributed by atoms with Crippen LogP contribution in [0.15, 0.2) is 48.5 Å². The molecule has 216 valence electrons. The highest BCUT2D eigenvalue weighted by molar-refractivity contribution is 7.92. The van der Waals surface area contributed by atoms with Gasteiger partial charge in [0.2, 0.25) is 21.8 Å². The van der Waals surface area contributed by atoms with Gasteiger partial charge in [0.1, 0.15) is 6.04 Å². The van der Waals surface area contributed by atoms with Gasteiger partial charge in [-0.3, -0.25) is 13.9 Å². The molecule has 0 fully saturated rings. The van der Waals surface area contributed by atoms with Gasteiger partial charge in [-0.15, -0.1) is 0 Å². The Morgan fingerprint density at radius 1 is 1.03 bits per heavy atom. The number of rotatable bonds is 13. The third kappa shape index (κ3) is 9.26. The van der Waals surface area contributed by atoms with Crippen molar-refractivity contribution in [2.75, 3.05) is 17.1 Å². The van der Waals surface area contributed by atoms with Crippen LogP contribution < -0.4 is 9.62 Å². The lowest BCUT2D eigenvalue weighted by atomic mass is 10.0. The number of carbonyl (C=O) groups excluding carboxylic acids is 2. The largest absolute Gasteiger partial charge is 0.416 e. The molecule has 0 saturated carbocycles. The maximum Gasteiger partial charge on any atom is 0.416 e. The molecule has 2 amide bonds. The van der Waals surface area contributed by atoms with E-state index in [1.807, 2.05) is 52.0 Å². The topological polar surface area (TPSA) is 86.8 Å². The first-order valence-corrected chi connectivity index (χ1v) is 14.8. The molecule has 0 aromatic heterocycles. The Kier molecular flexibility index (Phi) is 11.4. The van der Waals surface area contributed by atoms with Gasteiger partial charge in [0, 0.05) is 25.6 Å². The summed E-state index contributed by atoms with van der Waals surface area (Å²) >= 11 is 0. The highest BCUT2D eigenvalue weighted by Crippen LogP contribution is 2.32. The molecule has 0 aliphatic rings. The Balaban J connectivity index is 2.28. The van der Waals surface area contributed by atoms with Gasteiger partial charge >= 0.3 is 6.18 Å². The van der Waals surface area contributed by atoms with Gasteiger partial charge in [0.25, 0.3) is 0 Å². The molecule has 0 radical (unpaired) electrons. The minimum Gasteiger partial charge on any atom is -0.352 e. The van der Waals surface area contributed by atoms with Crippen molar-refractivity contribution in [1.29, 1.82) is 0 Å². The molecular formula is C28H38F3N3O4S. The second kappa shape index (κ2) is 13.8. The van der Waals surface area contributed by atoms with E-state index in [4.69, 9.17) is 0 Å². The number of sulfonamides is 1. The number of anilines is 1. The van der Waals surface area contributed by atoms with Crippen LogP contribution in [-0.2, 0) is 32.3 Å². The van der Waals surface area contributed by atoms with E-state index in [1.54, 1.807) is 0 Å². The van der Waals surface area contributed by atoms with E-state index in [9.17, 15) is 31.2 Å². The van der Waals surface area contributed by atoms with Crippen LogP contribution in [-0.4, -0.2) is 50.0 Å². The molecule has 39 heavy (non-hydrogen) atoms. The predicted molar refractivity (Wildman–Crippen MR) is 147 cm³/mol. The number of carbonyl (C=O) groups is 2. The van der Waals surface area contributed by atoms with Crippen molar-refractivity contribution < 1.29 is 31.2 Å². The van der Waals surface area contributed by atoms with Gasteiger partial charge in [-0.25, -0.2) is 8.42 Å². The van der Waals surface area contributed by atoms with Gasteiger partial charge < -0.3 is 10.2 Å². The molecule has 0 heterocycles. The number of halogens is 3. The van der Waals surface area contributed by atoms with Crippen molar-refractivity contribution >= 4 is 27.5 Å². The molecule has 0 saturated heterocycles. The van der Waals surface area contributed by atoms with Crippen molar-refractivity contribution in [3.63, 3.8) is 0 Å². The van der Waals surface area contributed by atoms with E-state index in [0.29, 0.717) is 6.42 Å². The highest BCUT2D eigenvalue weighted by Gasteiger charge is 2.32. The minimum atomic E-state index is -4.63. The smallest absolute Gasteiger partial charge is 0.352 e. The van der Waals surface area contributed by atoms with Crippen LogP contribution in [0, 0.1) is 6.92 Å². The first-order valence-electron chi connectivity index (χ1n) is 13.0. The molecule has 0 aliphatic carbocycles. The molecule has 2 rings (SSSR count). The fourth-order valence-electron chi connectivity index (χ4n) is 4.17. The fourth-order valence-corrected chi connectivity index (χ4v) is 5.13. The molecule has 0 unspecified atom stereocenters. The molecular weight excluding hydrogens is 531 g/mol. The molecule has 11 heteroatoms. The predicted octanol–water partition coefficient (Wildman–Crippen LogP) is 5.28. The van der Waals surface area contributed by atoms with Crippen LogP contribution in [0.2, 0.25) is 0 Å². The normalized spacial score (nSPS) is 13.4. The Bertz CT molecular complexity index is 1230. The lowest BCUT2D eigenvalue weighted by Crippen LogP contribution is -2.50. The van der Waals surface area contributed by atoms with Crippen molar-refractivity contribution in [2.24, 2.45) is 0 Å². The molecule has 7 nitrogen and oxygen atoms in total. The SMILES string of the molecule is CC[C@@H](C)NC(=O)[C@@H](CC)N(Cc1ccccc1C)C(=O)CCCN(c1cccc(C(F)(F)F)c1)S(C)(=O)=O. The molecule has 0 aliphatic heterocycles. The average molecular weight is 570 g/mol. The van der Waals surface area contributed by atoms with E-state index in [0.717, 1.165) is 46.3 Å². The Labute approximate surface area is 229 Å². The van der Waals surface area contributed by atoms with E-state index >= 15 is 0 Å². The zero-order valence-electron chi connectivity index (χ0n) is 23.1. The van der Waals surface area contributed by atoms with Gasteiger partial charge in [0.15, 0.2) is 0 Å². The molecule has 2 aromatic rings. The van der Waals surface area contributed by atoms with Crippen LogP contribution in [0.4, 0.5) is 18.9 Å². The van der Waals surface area contributed by atoms with Crippen LogP contribution in [0.25, 0.3) is 0 Å². The summed E-state index contributed by atoms with van der Waals surface area (Å²) in [6, 6.07) is 10.8. The number of amides is 2. The van der Waals surface area contributed by atoms with E-state index in [1.165, 1.54) is 11.0 Å². The number of hydrogen-bond acceptors (Lipinski definition) is 4. The first kappa shape index (κ1) is 32.1. The summed E-state index contributed by atoms with van der Waals surface area (Å²) in [5, 5.41) is 2.94. The lowest BCUT2D eigenvalue weighted by molar-refractivity contribution is -0.141. The Morgan fingerprint density at radius 2 is 1.69 bits per heavy atom. The van der Waals surface area contributed by atoms with Crippen LogP contribution in [0.1, 0.15) is 63.1 Å². The van der Waals surface area contributed by atoms with Crippen LogP contribution in [0.5, 0.6) is 0 Å². The summed E-state index contributed by atoms with van der Waals surface area (Å²) in [6.07, 6.45) is -2.66. The summed E-state index contributed by atoms with van der Waals surface area (Å²) in [6.45, 7) is 7.56. The quantitative estimate of drug-likeness (QED) is 0.356. The number of hydrogen-bond donors (Lipinski definition) is 1. The molecule has 1 N–H and O–H groups in total. The fraction of sp³-hybridized carbons (Fsp3) is 0.500. The monoisotopic (exact) mass is 569 g/mol. The second-order valence-corrected chi connectivity index (χ2v) is 11.6. The zero-order valence-corrected chi connectivity index (χ0v) is 23.9. The standard InChI is InChI=1S/C28H38F3N3O4S/c1-6-21(4)32-27(36)25(7-2)33(19-22-13-9-8-12-20(22)3)26(35)16-11-17-34(39(5,37)38)24-15-10-14-23(18-24)28(29,30)31/h8-10,12-15,18,21,25H,6-7,11,16-17,19H2,1-5H3,(H,32,36)/t21-,25-/m1/s1. The average Bonchev–Trinajstić information content (AvgIpc) is 2.86. The van der Waals surface area contributed by atoms with E-state index in [2.05, 4.69) is 5.32 Å². The Morgan fingerprint density at radius 3 is 2.26 bits per heavy atom. The van der Waals surface area contributed by atoms with Crippen molar-refractivity contribution in [3.8, 4) is 0 Å².